The van der Waals surface area contributed by atoms with E-state index < -0.39 is 10.2 Å². The second-order valence-electron chi connectivity index (χ2n) is 5.64. The monoisotopic (exact) mass is 315 g/mol. The Morgan fingerprint density at radius 1 is 1.25 bits per heavy atom. The molecule has 0 spiro atoms. The van der Waals surface area contributed by atoms with E-state index in [2.05, 4.69) is 10.0 Å². The molecule has 0 amide bonds. The molecule has 0 aromatic carbocycles. The average molecular weight is 315 g/mol. The Kier molecular flexibility index (Phi) is 4.30. The Hall–Kier alpha value is -0.630. The van der Waals surface area contributed by atoms with Crippen LogP contribution in [0.15, 0.2) is 16.8 Å². The molecule has 1 aromatic rings. The Balaban J connectivity index is 1.48. The topological polar surface area (TPSA) is 61.4 Å². The second kappa shape index (κ2) is 6.01. The zero-order valence-corrected chi connectivity index (χ0v) is 13.0. The summed E-state index contributed by atoms with van der Waals surface area (Å²) in [5.41, 5.74) is 0.660. The molecule has 0 unspecified atom stereocenters. The highest BCUT2D eigenvalue weighted by atomic mass is 32.2. The molecule has 3 rings (SSSR count). The molecule has 7 heteroatoms. The summed E-state index contributed by atoms with van der Waals surface area (Å²) in [5.74, 6) is 0.614. The van der Waals surface area contributed by atoms with Crippen molar-refractivity contribution in [3.63, 3.8) is 0 Å². The van der Waals surface area contributed by atoms with Crippen molar-refractivity contribution in [2.75, 3.05) is 24.4 Å². The van der Waals surface area contributed by atoms with Crippen molar-refractivity contribution in [2.24, 2.45) is 5.92 Å². The minimum Gasteiger partial charge on any atom is -0.314 e. The predicted molar refractivity (Wildman–Crippen MR) is 82.2 cm³/mol. The summed E-state index contributed by atoms with van der Waals surface area (Å²) in [7, 11) is -3.38. The molecule has 1 aliphatic carbocycles. The largest absolute Gasteiger partial charge is 0.314 e. The third kappa shape index (κ3) is 3.72. The van der Waals surface area contributed by atoms with Crippen LogP contribution in [-0.2, 0) is 10.2 Å². The molecular formula is C13H21N3O2S2. The van der Waals surface area contributed by atoms with Crippen molar-refractivity contribution in [1.82, 2.24) is 9.62 Å². The quantitative estimate of drug-likeness (QED) is 0.842. The molecule has 1 aliphatic heterocycles. The summed E-state index contributed by atoms with van der Waals surface area (Å²) < 4.78 is 28.7. The van der Waals surface area contributed by atoms with E-state index in [1.807, 2.05) is 10.8 Å². The van der Waals surface area contributed by atoms with Gasteiger partial charge in [0.2, 0.25) is 0 Å². The van der Waals surface area contributed by atoms with Gasteiger partial charge in [0.15, 0.2) is 0 Å². The molecule has 0 radical (unpaired) electrons. The van der Waals surface area contributed by atoms with Gasteiger partial charge in [0.25, 0.3) is 0 Å². The fraction of sp³-hybridized carbons (Fsp3) is 0.692. The Morgan fingerprint density at radius 2 is 2.00 bits per heavy atom. The molecule has 20 heavy (non-hydrogen) atoms. The predicted octanol–water partition coefficient (Wildman–Crippen LogP) is 1.87. The van der Waals surface area contributed by atoms with Crippen LogP contribution in [0.3, 0.4) is 0 Å². The Morgan fingerprint density at radius 3 is 2.60 bits per heavy atom. The lowest BCUT2D eigenvalue weighted by Gasteiger charge is -2.31. The van der Waals surface area contributed by atoms with Crippen molar-refractivity contribution in [1.29, 1.82) is 0 Å². The van der Waals surface area contributed by atoms with Crippen molar-refractivity contribution < 1.29 is 8.42 Å². The van der Waals surface area contributed by atoms with Crippen molar-refractivity contribution in [3.05, 3.63) is 16.8 Å². The third-order valence-electron chi connectivity index (χ3n) is 3.95. The van der Waals surface area contributed by atoms with Crippen molar-refractivity contribution in [3.8, 4) is 0 Å². The highest BCUT2D eigenvalue weighted by Crippen LogP contribution is 2.23. The minimum absolute atomic E-state index is 0.614. The van der Waals surface area contributed by atoms with E-state index in [0.717, 1.165) is 25.4 Å². The molecule has 5 nitrogen and oxygen atoms in total. The summed E-state index contributed by atoms with van der Waals surface area (Å²) in [6.45, 7) is 2.28. The lowest BCUT2D eigenvalue weighted by atomic mass is 9.98. The molecule has 112 valence electrons. The molecule has 1 saturated carbocycles. The number of anilines is 1. The van der Waals surface area contributed by atoms with E-state index >= 15 is 0 Å². The SMILES string of the molecule is O=S(=O)(Nc1ccsc1)N1CCC(CNC2CC2)CC1. The van der Waals surface area contributed by atoms with Crippen LogP contribution in [0.5, 0.6) is 0 Å². The molecule has 1 saturated heterocycles. The van der Waals surface area contributed by atoms with Gasteiger partial charge in [-0.2, -0.15) is 24.1 Å². The van der Waals surface area contributed by atoms with E-state index in [1.165, 1.54) is 24.2 Å². The molecule has 2 aliphatic rings. The van der Waals surface area contributed by atoms with E-state index in [9.17, 15) is 8.42 Å². The third-order valence-corrected chi connectivity index (χ3v) is 6.18. The van der Waals surface area contributed by atoms with Gasteiger partial charge in [-0.15, -0.1) is 0 Å². The van der Waals surface area contributed by atoms with Gasteiger partial charge in [-0.05, 0) is 49.6 Å². The van der Waals surface area contributed by atoms with Gasteiger partial charge in [-0.3, -0.25) is 4.72 Å². The summed E-state index contributed by atoms with van der Waals surface area (Å²) in [6.07, 6.45) is 4.50. The number of nitrogens with zero attached hydrogens (tertiary/aromatic N) is 1. The first-order valence-electron chi connectivity index (χ1n) is 7.17. The van der Waals surface area contributed by atoms with E-state index in [0.29, 0.717) is 24.7 Å². The fourth-order valence-corrected chi connectivity index (χ4v) is 4.42. The first-order valence-corrected chi connectivity index (χ1v) is 9.55. The lowest BCUT2D eigenvalue weighted by Crippen LogP contribution is -2.43. The van der Waals surface area contributed by atoms with Gasteiger partial charge in [-0.25, -0.2) is 0 Å². The number of thiophene rings is 1. The number of hydrogen-bond donors (Lipinski definition) is 2. The minimum atomic E-state index is -3.38. The van der Waals surface area contributed by atoms with Gasteiger partial charge in [0.05, 0.1) is 5.69 Å². The molecule has 2 fully saturated rings. The Bertz CT molecular complexity index is 518. The molecule has 0 bridgehead atoms. The molecule has 0 atom stereocenters. The molecule has 2 heterocycles. The van der Waals surface area contributed by atoms with Gasteiger partial charge < -0.3 is 5.32 Å². The van der Waals surface area contributed by atoms with Gasteiger partial charge in [0, 0.05) is 24.5 Å². The number of hydrogen-bond acceptors (Lipinski definition) is 4. The van der Waals surface area contributed by atoms with E-state index in [4.69, 9.17) is 0 Å². The maximum atomic E-state index is 12.2. The smallest absolute Gasteiger partial charge is 0.301 e. The maximum Gasteiger partial charge on any atom is 0.301 e. The molecular weight excluding hydrogens is 294 g/mol. The van der Waals surface area contributed by atoms with Gasteiger partial charge >= 0.3 is 10.2 Å². The van der Waals surface area contributed by atoms with Crippen LogP contribution < -0.4 is 10.0 Å². The standard InChI is InChI=1S/C13H21N3O2S2/c17-20(18,15-13-5-8-19-10-13)16-6-3-11(4-7-16)9-14-12-1-2-12/h5,8,10-12,14-15H,1-4,6-7,9H2. The van der Waals surface area contributed by atoms with Gasteiger partial charge in [0.1, 0.15) is 0 Å². The van der Waals surface area contributed by atoms with Crippen LogP contribution >= 0.6 is 11.3 Å². The van der Waals surface area contributed by atoms with Gasteiger partial charge in [-0.1, -0.05) is 0 Å². The number of piperidine rings is 1. The first kappa shape index (κ1) is 14.3. The van der Waals surface area contributed by atoms with Crippen LogP contribution in [0.4, 0.5) is 5.69 Å². The highest BCUT2D eigenvalue weighted by molar-refractivity contribution is 7.90. The highest BCUT2D eigenvalue weighted by Gasteiger charge is 2.29. The molecule has 1 aromatic heterocycles. The maximum absolute atomic E-state index is 12.2. The normalized spacial score (nSPS) is 22.0. The second-order valence-corrected chi connectivity index (χ2v) is 8.09. The summed E-state index contributed by atoms with van der Waals surface area (Å²) >= 11 is 1.49. The van der Waals surface area contributed by atoms with Crippen molar-refractivity contribution >= 4 is 27.2 Å². The summed E-state index contributed by atoms with van der Waals surface area (Å²) in [4.78, 5) is 0. The van der Waals surface area contributed by atoms with Crippen LogP contribution in [0.2, 0.25) is 0 Å². The van der Waals surface area contributed by atoms with Crippen molar-refractivity contribution in [2.45, 2.75) is 31.7 Å². The number of nitrogens with one attached hydrogen (secondary N) is 2. The van der Waals surface area contributed by atoms with Crippen LogP contribution in [-0.4, -0.2) is 38.4 Å². The van der Waals surface area contributed by atoms with E-state index in [1.54, 1.807) is 10.4 Å². The lowest BCUT2D eigenvalue weighted by molar-refractivity contribution is 0.268. The Labute approximate surface area is 124 Å². The van der Waals surface area contributed by atoms with Crippen LogP contribution in [0, 0.1) is 5.92 Å². The summed E-state index contributed by atoms with van der Waals surface area (Å²) in [6, 6.07) is 2.52. The fourth-order valence-electron chi connectivity index (χ4n) is 2.51. The first-order chi connectivity index (χ1) is 9.63. The summed E-state index contributed by atoms with van der Waals surface area (Å²) in [5, 5.41) is 7.21. The molecule has 2 N–H and O–H groups in total. The van der Waals surface area contributed by atoms with Crippen LogP contribution in [0.1, 0.15) is 25.7 Å². The number of rotatable bonds is 6. The average Bonchev–Trinajstić information content (AvgIpc) is 3.14. The zero-order valence-electron chi connectivity index (χ0n) is 11.4. The van der Waals surface area contributed by atoms with E-state index in [-0.39, 0.29) is 0 Å². The zero-order chi connectivity index (χ0) is 14.0. The van der Waals surface area contributed by atoms with Crippen LogP contribution in [0.25, 0.3) is 0 Å².